The molecule has 8 nitrogen and oxygen atoms in total. The van der Waals surface area contributed by atoms with Gasteiger partial charge in [0.05, 0.1) is 0 Å². The molecule has 3 atom stereocenters. The van der Waals surface area contributed by atoms with Gasteiger partial charge in [0.2, 0.25) is 11.8 Å². The van der Waals surface area contributed by atoms with Gasteiger partial charge in [-0.2, -0.15) is 0 Å². The Kier molecular flexibility index (Phi) is 8.02. The van der Waals surface area contributed by atoms with Crippen LogP contribution in [0.2, 0.25) is 0 Å². The summed E-state index contributed by atoms with van der Waals surface area (Å²) in [5, 5.41) is 13.0. The molecule has 1 aromatic heterocycles. The molecular formula is C29H39FN4O4. The maximum Gasteiger partial charge on any atom is 0.352 e. The number of halogens is 1. The van der Waals surface area contributed by atoms with E-state index in [1.54, 1.807) is 24.3 Å². The van der Waals surface area contributed by atoms with Gasteiger partial charge in [0.15, 0.2) is 0 Å². The number of nitrogens with one attached hydrogen (secondary N) is 2. The summed E-state index contributed by atoms with van der Waals surface area (Å²) in [5.41, 5.74) is 7.28. The van der Waals surface area contributed by atoms with Crippen molar-refractivity contribution >= 4 is 34.4 Å². The minimum atomic E-state index is -1.04. The zero-order valence-corrected chi connectivity index (χ0v) is 21.8. The normalized spacial score (nSPS) is 27.4. The van der Waals surface area contributed by atoms with Crippen LogP contribution in [0.4, 0.5) is 10.1 Å². The number of hydrogen-bond donors (Lipinski definition) is 4. The van der Waals surface area contributed by atoms with E-state index in [0.29, 0.717) is 41.9 Å². The Balaban J connectivity index is 1.34. The van der Waals surface area contributed by atoms with Crippen LogP contribution in [-0.2, 0) is 9.59 Å². The number of carbonyl (C=O) groups is 3. The molecule has 206 valence electrons. The van der Waals surface area contributed by atoms with E-state index in [-0.39, 0.29) is 35.3 Å². The van der Waals surface area contributed by atoms with Gasteiger partial charge in [-0.05, 0) is 74.1 Å². The lowest BCUT2D eigenvalue weighted by Gasteiger charge is -2.36. The van der Waals surface area contributed by atoms with Crippen LogP contribution in [0.3, 0.4) is 0 Å². The van der Waals surface area contributed by atoms with Gasteiger partial charge in [-0.1, -0.05) is 32.1 Å². The molecular weight excluding hydrogens is 487 g/mol. The summed E-state index contributed by atoms with van der Waals surface area (Å²) in [4.78, 5) is 43.6. The Labute approximate surface area is 222 Å². The molecule has 3 fully saturated rings. The molecule has 2 amide bonds. The highest BCUT2D eigenvalue weighted by Crippen LogP contribution is 2.41. The minimum absolute atomic E-state index is 0.0444. The minimum Gasteiger partial charge on any atom is -0.477 e. The number of carboxylic acid groups (broad SMARTS) is 1. The van der Waals surface area contributed by atoms with Gasteiger partial charge in [-0.25, -0.2) is 9.18 Å². The quantitative estimate of drug-likeness (QED) is 0.416. The molecule has 1 saturated heterocycles. The number of alkyl halides is 1. The predicted octanol–water partition coefficient (Wildman–Crippen LogP) is 4.71. The molecule has 2 aliphatic carbocycles. The van der Waals surface area contributed by atoms with Crippen LogP contribution in [0.1, 0.15) is 74.7 Å². The third-order valence-electron chi connectivity index (χ3n) is 9.28. The van der Waals surface area contributed by atoms with Crippen LogP contribution in [0.25, 0.3) is 10.9 Å². The van der Waals surface area contributed by atoms with Gasteiger partial charge in [0, 0.05) is 35.1 Å². The first-order chi connectivity index (χ1) is 18.4. The summed E-state index contributed by atoms with van der Waals surface area (Å²) in [5.74, 6) is -0.643. The van der Waals surface area contributed by atoms with Crippen LogP contribution in [0, 0.1) is 23.7 Å². The number of aromatic carboxylic acids is 1. The Morgan fingerprint density at radius 1 is 1.05 bits per heavy atom. The van der Waals surface area contributed by atoms with Crippen molar-refractivity contribution in [1.29, 1.82) is 0 Å². The van der Waals surface area contributed by atoms with E-state index >= 15 is 0 Å². The third-order valence-corrected chi connectivity index (χ3v) is 9.28. The van der Waals surface area contributed by atoms with Crippen molar-refractivity contribution in [2.45, 2.75) is 76.3 Å². The fraction of sp³-hybridized carbons (Fsp3) is 0.621. The van der Waals surface area contributed by atoms with E-state index in [2.05, 4.69) is 10.3 Å². The van der Waals surface area contributed by atoms with Crippen molar-refractivity contribution in [3.8, 4) is 0 Å². The summed E-state index contributed by atoms with van der Waals surface area (Å²) in [6.07, 6.45) is 9.43. The number of benzene rings is 1. The van der Waals surface area contributed by atoms with Crippen LogP contribution < -0.4 is 11.1 Å². The lowest BCUT2D eigenvalue weighted by atomic mass is 9.76. The number of H-pyrrole nitrogens is 1. The number of carbonyl (C=O) groups excluding carboxylic acids is 2. The summed E-state index contributed by atoms with van der Waals surface area (Å²) in [6.45, 7) is 0.0493. The molecule has 0 radical (unpaired) electrons. The number of likely N-dealkylation sites (tertiary alicyclic amines) is 1. The molecule has 1 aliphatic heterocycles. The highest BCUT2D eigenvalue weighted by Gasteiger charge is 2.47. The zero-order valence-electron chi connectivity index (χ0n) is 21.8. The maximum atomic E-state index is 13.8. The molecule has 1 unspecified atom stereocenters. The molecule has 5 N–H and O–H groups in total. The highest BCUT2D eigenvalue weighted by molar-refractivity contribution is 6.00. The van der Waals surface area contributed by atoms with Crippen LogP contribution in [0.15, 0.2) is 24.3 Å². The van der Waals surface area contributed by atoms with E-state index in [4.69, 9.17) is 5.73 Å². The molecule has 0 spiro atoms. The monoisotopic (exact) mass is 526 g/mol. The van der Waals surface area contributed by atoms with Crippen molar-refractivity contribution in [2.24, 2.45) is 29.4 Å². The molecule has 3 aliphatic rings. The van der Waals surface area contributed by atoms with Crippen molar-refractivity contribution in [3.63, 3.8) is 0 Å². The van der Waals surface area contributed by atoms with Gasteiger partial charge in [0.1, 0.15) is 18.4 Å². The molecule has 1 aromatic carbocycles. The third kappa shape index (κ3) is 5.44. The van der Waals surface area contributed by atoms with Crippen LogP contribution in [-0.4, -0.2) is 58.1 Å². The molecule has 5 rings (SSSR count). The zero-order chi connectivity index (χ0) is 26.8. The number of fused-ring (bicyclic) bond motifs is 1. The predicted molar refractivity (Wildman–Crippen MR) is 143 cm³/mol. The first-order valence-electron chi connectivity index (χ1n) is 14.1. The Morgan fingerprint density at radius 3 is 2.47 bits per heavy atom. The van der Waals surface area contributed by atoms with E-state index in [9.17, 15) is 23.9 Å². The molecule has 2 aromatic rings. The maximum absolute atomic E-state index is 13.8. The van der Waals surface area contributed by atoms with Crippen LogP contribution >= 0.6 is 0 Å². The number of carboxylic acids is 1. The fourth-order valence-corrected chi connectivity index (χ4v) is 7.15. The number of aromatic nitrogens is 1. The molecule has 0 bridgehead atoms. The average Bonchev–Trinajstić information content (AvgIpc) is 3.58. The van der Waals surface area contributed by atoms with Crippen molar-refractivity contribution in [1.82, 2.24) is 9.88 Å². The fourth-order valence-electron chi connectivity index (χ4n) is 7.15. The molecule has 9 heteroatoms. The number of aromatic amines is 1. The van der Waals surface area contributed by atoms with E-state index in [0.717, 1.165) is 32.1 Å². The van der Waals surface area contributed by atoms with E-state index < -0.39 is 24.7 Å². The van der Waals surface area contributed by atoms with E-state index in [1.165, 1.54) is 19.3 Å². The Morgan fingerprint density at radius 2 is 1.79 bits per heavy atom. The summed E-state index contributed by atoms with van der Waals surface area (Å²) >= 11 is 0. The second-order valence-corrected chi connectivity index (χ2v) is 11.5. The lowest BCUT2D eigenvalue weighted by Crippen LogP contribution is -2.50. The summed E-state index contributed by atoms with van der Waals surface area (Å²) < 4.78 is 13.1. The van der Waals surface area contributed by atoms with Crippen molar-refractivity contribution in [3.05, 3.63) is 30.0 Å². The van der Waals surface area contributed by atoms with Crippen LogP contribution in [0.5, 0.6) is 0 Å². The number of hydrogen-bond acceptors (Lipinski definition) is 4. The summed E-state index contributed by atoms with van der Waals surface area (Å²) in [6, 6.07) is 5.85. The first kappa shape index (κ1) is 26.7. The number of nitrogens with two attached hydrogens (primary N) is 1. The average molecular weight is 527 g/mol. The lowest BCUT2D eigenvalue weighted by molar-refractivity contribution is -0.142. The number of anilines is 1. The molecule has 2 heterocycles. The van der Waals surface area contributed by atoms with E-state index in [1.807, 2.05) is 4.90 Å². The van der Waals surface area contributed by atoms with Gasteiger partial charge in [-0.3, -0.25) is 9.59 Å². The Bertz CT molecular complexity index is 1170. The van der Waals surface area contributed by atoms with Gasteiger partial charge >= 0.3 is 5.97 Å². The second kappa shape index (κ2) is 11.4. The molecule has 2 saturated carbocycles. The topological polar surface area (TPSA) is 129 Å². The first-order valence-corrected chi connectivity index (χ1v) is 14.1. The van der Waals surface area contributed by atoms with Crippen molar-refractivity contribution in [2.75, 3.05) is 18.5 Å². The smallest absolute Gasteiger partial charge is 0.352 e. The second-order valence-electron chi connectivity index (χ2n) is 11.5. The van der Waals surface area contributed by atoms with Gasteiger partial charge < -0.3 is 26.0 Å². The van der Waals surface area contributed by atoms with Gasteiger partial charge in [-0.15, -0.1) is 0 Å². The SMILES string of the molecule is NC(CF)C1CCC(C(=O)N2CC[C@@H](C3CCCCC3)[C@H]2C(=O)Nc2ccc3[nH]c(C(=O)O)cc3c2)CC1. The number of nitrogens with zero attached hydrogens (tertiary/aromatic N) is 1. The Hall–Kier alpha value is -2.94. The number of rotatable bonds is 7. The van der Waals surface area contributed by atoms with Gasteiger partial charge in [0.25, 0.3) is 0 Å². The standard InChI is InChI=1S/C29H39FN4O4/c30-16-23(31)18-6-8-19(9-7-18)28(36)34-13-12-22(17-4-2-1-3-5-17)26(34)27(35)32-21-10-11-24-20(14-21)15-25(33-24)29(37)38/h10-11,14-15,17-19,22-23,26,33H,1-9,12-13,16,31H2,(H,32,35)(H,37,38)/t18?,19?,22-,23?,26-/m0/s1. The highest BCUT2D eigenvalue weighted by atomic mass is 19.1. The molecule has 38 heavy (non-hydrogen) atoms. The largest absolute Gasteiger partial charge is 0.477 e. The number of amides is 2. The summed E-state index contributed by atoms with van der Waals surface area (Å²) in [7, 11) is 0. The van der Waals surface area contributed by atoms with Crippen molar-refractivity contribution < 1.29 is 23.9 Å².